The maximum absolute atomic E-state index is 8.44. The molecule has 0 saturated carbocycles. The van der Waals surface area contributed by atoms with Crippen LogP contribution in [0.1, 0.15) is 52.0 Å². The summed E-state index contributed by atoms with van der Waals surface area (Å²) in [5, 5.41) is 3.49. The molecule has 4 aromatic carbocycles. The second kappa shape index (κ2) is 14.9. The Labute approximate surface area is 301 Å². The third-order valence-electron chi connectivity index (χ3n) is 8.46. The number of aromatic nitrogens is 2. The van der Waals surface area contributed by atoms with Gasteiger partial charge < -0.3 is 14.4 Å². The first-order valence-corrected chi connectivity index (χ1v) is 19.8. The summed E-state index contributed by atoms with van der Waals surface area (Å²) < 4.78 is 14.6. The second-order valence-corrected chi connectivity index (χ2v) is 18.6. The number of pyridine rings is 2. The van der Waals surface area contributed by atoms with E-state index in [-0.39, 0.29) is 20.1 Å². The molecule has 0 aliphatic heterocycles. The van der Waals surface area contributed by atoms with Crippen LogP contribution in [0.3, 0.4) is 0 Å². The summed E-state index contributed by atoms with van der Waals surface area (Å²) in [5.41, 5.74) is 10.2. The van der Waals surface area contributed by atoms with E-state index in [4.69, 9.17) is 5.79 Å². The van der Waals surface area contributed by atoms with E-state index in [0.717, 1.165) is 50.0 Å². The molecule has 0 aliphatic rings. The number of hydrogen-bond donors (Lipinski definition) is 0. The molecule has 7 rings (SSSR count). The van der Waals surface area contributed by atoms with Gasteiger partial charge in [0.05, 0.1) is 13.7 Å². The van der Waals surface area contributed by atoms with Crippen LogP contribution in [0.4, 0.5) is 0 Å². The van der Waals surface area contributed by atoms with Gasteiger partial charge >= 0.3 is 0 Å². The molecule has 245 valence electrons. The van der Waals surface area contributed by atoms with E-state index in [1.165, 1.54) is 21.9 Å². The Morgan fingerprint density at radius 2 is 1.52 bits per heavy atom. The number of rotatable bonds is 6. The molecule has 0 amide bonds. The minimum atomic E-state index is -1.50. The van der Waals surface area contributed by atoms with Crippen molar-refractivity contribution in [1.82, 2.24) is 9.97 Å². The molecule has 3 heterocycles. The van der Waals surface area contributed by atoms with E-state index in [9.17, 15) is 0 Å². The SMILES string of the molecule is CC(C)c1ccnc(-c2[c-]c3oc4cccc(-c5ccccc5)c4c3cc2)c1.[2H]C(C)(C)c1cc(-c2[c-]cccc2)ncc1[Si](C)(C)C.[Ir]. The van der Waals surface area contributed by atoms with Crippen molar-refractivity contribution in [2.45, 2.75) is 59.1 Å². The average Bonchev–Trinajstić information content (AvgIpc) is 3.46. The molecule has 3 aromatic heterocycles. The number of benzene rings is 4. The van der Waals surface area contributed by atoms with E-state index in [1.54, 1.807) is 0 Å². The maximum atomic E-state index is 8.44. The van der Waals surface area contributed by atoms with Crippen molar-refractivity contribution in [3.8, 4) is 33.6 Å². The van der Waals surface area contributed by atoms with Crippen molar-refractivity contribution >= 4 is 35.2 Å². The largest absolute Gasteiger partial charge is 0.477 e. The monoisotopic (exact) mass is 824 g/mol. The molecular weight excluding hydrogens is 781 g/mol. The first kappa shape index (κ1) is 33.7. The van der Waals surface area contributed by atoms with Gasteiger partial charge in [-0.15, -0.1) is 53.6 Å². The average molecular weight is 824 g/mol. The van der Waals surface area contributed by atoms with E-state index in [1.807, 2.05) is 68.7 Å². The minimum absolute atomic E-state index is 0. The summed E-state index contributed by atoms with van der Waals surface area (Å²) in [6, 6.07) is 41.7. The van der Waals surface area contributed by atoms with Crippen molar-refractivity contribution in [2.24, 2.45) is 0 Å². The van der Waals surface area contributed by atoms with Crippen LogP contribution in [0, 0.1) is 12.1 Å². The van der Waals surface area contributed by atoms with E-state index >= 15 is 0 Å². The van der Waals surface area contributed by atoms with Crippen molar-refractivity contribution in [1.29, 1.82) is 0 Å². The molecule has 0 spiro atoms. The van der Waals surface area contributed by atoms with Crippen LogP contribution in [0.5, 0.6) is 0 Å². The van der Waals surface area contributed by atoms with Crippen molar-refractivity contribution in [3.05, 3.63) is 139 Å². The van der Waals surface area contributed by atoms with E-state index in [0.29, 0.717) is 5.92 Å². The number of nitrogens with zero attached hydrogens (tertiary/aromatic N) is 2. The van der Waals surface area contributed by atoms with Gasteiger partial charge in [-0.1, -0.05) is 125 Å². The van der Waals surface area contributed by atoms with Crippen molar-refractivity contribution < 1.29 is 25.9 Å². The maximum Gasteiger partial charge on any atom is 0.124 e. The molecule has 0 aliphatic carbocycles. The standard InChI is InChI=1S/C26H20NO.C17H22NSi.Ir/c1-17(2)19-13-14-27-23(15-19)20-11-12-22-25(16-20)28-24-10-6-9-21(26(22)24)18-7-4-3-5-8-18;1-13(2)15-11-16(14-9-7-6-8-10-14)18-12-17(15)19(3,4)5;/h3-15,17H,1-2H3;6-9,11-13H,1-5H3;/q2*-1;/i;13D;. The zero-order chi connectivity index (χ0) is 34.1. The third kappa shape index (κ3) is 7.60. The fourth-order valence-corrected chi connectivity index (χ4v) is 7.46. The summed E-state index contributed by atoms with van der Waals surface area (Å²) in [6.45, 7) is 15.2. The quantitative estimate of drug-likeness (QED) is 0.124. The Morgan fingerprint density at radius 1 is 0.771 bits per heavy atom. The first-order valence-electron chi connectivity index (χ1n) is 16.8. The molecule has 0 N–H and O–H groups in total. The third-order valence-corrected chi connectivity index (χ3v) is 10.5. The summed E-state index contributed by atoms with van der Waals surface area (Å²) in [5.74, 6) is -0.146. The molecule has 7 aromatic rings. The number of fused-ring (bicyclic) bond motifs is 3. The summed E-state index contributed by atoms with van der Waals surface area (Å²) in [4.78, 5) is 9.15. The molecule has 1 radical (unpaired) electrons. The number of furan rings is 1. The van der Waals surface area contributed by atoms with E-state index in [2.05, 4.69) is 116 Å². The Hall–Kier alpha value is -4.15. The molecule has 48 heavy (non-hydrogen) atoms. The van der Waals surface area contributed by atoms with Gasteiger partial charge in [0.25, 0.3) is 0 Å². The fraction of sp³-hybridized carbons (Fsp3) is 0.209. The van der Waals surface area contributed by atoms with Gasteiger partial charge in [-0.25, -0.2) is 0 Å². The molecule has 0 fully saturated rings. The van der Waals surface area contributed by atoms with Crippen molar-refractivity contribution in [2.75, 3.05) is 0 Å². The van der Waals surface area contributed by atoms with Crippen LogP contribution >= 0.6 is 0 Å². The van der Waals surface area contributed by atoms with Crippen LogP contribution in [0.25, 0.3) is 55.6 Å². The number of hydrogen-bond acceptors (Lipinski definition) is 3. The molecule has 3 nitrogen and oxygen atoms in total. The van der Waals surface area contributed by atoms with Gasteiger partial charge in [0.15, 0.2) is 0 Å². The van der Waals surface area contributed by atoms with Crippen LogP contribution < -0.4 is 5.19 Å². The van der Waals surface area contributed by atoms with Gasteiger partial charge in [0.1, 0.15) is 5.58 Å². The topological polar surface area (TPSA) is 38.9 Å². The van der Waals surface area contributed by atoms with Gasteiger partial charge in [0.2, 0.25) is 0 Å². The molecule has 5 heteroatoms. The Kier molecular flexibility index (Phi) is 10.5. The Morgan fingerprint density at radius 3 is 2.21 bits per heavy atom. The van der Waals surface area contributed by atoms with Crippen LogP contribution in [-0.2, 0) is 20.1 Å². The van der Waals surface area contributed by atoms with Crippen LogP contribution in [-0.4, -0.2) is 18.0 Å². The molecule has 0 saturated heterocycles. The van der Waals surface area contributed by atoms with Crippen LogP contribution in [0.2, 0.25) is 19.6 Å². The molecular formula is C43H42IrN2OSi-2. The second-order valence-electron chi connectivity index (χ2n) is 13.5. The normalized spacial score (nSPS) is 12.0. The Balaban J connectivity index is 0.000000199. The molecule has 0 unspecified atom stereocenters. The van der Waals surface area contributed by atoms with E-state index < -0.39 is 14.0 Å². The van der Waals surface area contributed by atoms with Gasteiger partial charge in [-0.2, -0.15) is 0 Å². The first-order chi connectivity index (χ1) is 22.9. The smallest absolute Gasteiger partial charge is 0.124 e. The summed E-state index contributed by atoms with van der Waals surface area (Å²) >= 11 is 0. The summed E-state index contributed by atoms with van der Waals surface area (Å²) in [7, 11) is -1.50. The van der Waals surface area contributed by atoms with Gasteiger partial charge in [0, 0.05) is 33.9 Å². The van der Waals surface area contributed by atoms with Gasteiger partial charge in [-0.3, -0.25) is 0 Å². The predicted molar refractivity (Wildman–Crippen MR) is 201 cm³/mol. The molecule has 0 bridgehead atoms. The van der Waals surface area contributed by atoms with Crippen LogP contribution in [0.15, 0.2) is 120 Å². The minimum Gasteiger partial charge on any atom is -0.477 e. The van der Waals surface area contributed by atoms with Crippen molar-refractivity contribution in [3.63, 3.8) is 0 Å². The zero-order valence-electron chi connectivity index (χ0n) is 29.7. The molecule has 0 atom stereocenters. The van der Waals surface area contributed by atoms with Gasteiger partial charge in [-0.05, 0) is 57.0 Å². The zero-order valence-corrected chi connectivity index (χ0v) is 32.1. The Bertz CT molecular complexity index is 2180. The predicted octanol–water partition coefficient (Wildman–Crippen LogP) is 11.5. The fourth-order valence-electron chi connectivity index (χ4n) is 5.88. The summed E-state index contributed by atoms with van der Waals surface area (Å²) in [6.07, 6.45) is 3.85.